The molecule has 0 spiro atoms. The highest BCUT2D eigenvalue weighted by atomic mass is 16.2. The van der Waals surface area contributed by atoms with E-state index in [0.29, 0.717) is 12.1 Å². The summed E-state index contributed by atoms with van der Waals surface area (Å²) in [7, 11) is 1.86. The fraction of sp³-hybridized carbons (Fsp3) is 0.467. The van der Waals surface area contributed by atoms with Crippen LogP contribution in [0.15, 0.2) is 24.3 Å². The number of carbonyl (C=O) groups is 1. The molecule has 1 aromatic rings. The Labute approximate surface area is 115 Å². The van der Waals surface area contributed by atoms with Crippen LogP contribution in [-0.4, -0.2) is 25.0 Å². The number of nitrogens with one attached hydrogen (secondary N) is 1. The maximum Gasteiger partial charge on any atom is 0.239 e. The number of likely N-dealkylation sites (N-methyl/N-ethyl adjacent to an activating group) is 1. The van der Waals surface area contributed by atoms with E-state index in [0.717, 1.165) is 12.1 Å². The van der Waals surface area contributed by atoms with Crippen molar-refractivity contribution < 1.29 is 4.79 Å². The van der Waals surface area contributed by atoms with Crippen LogP contribution in [0.3, 0.4) is 0 Å². The van der Waals surface area contributed by atoms with Gasteiger partial charge in [0.2, 0.25) is 5.91 Å². The van der Waals surface area contributed by atoms with Crippen molar-refractivity contribution in [3.8, 4) is 6.07 Å². The molecule has 0 radical (unpaired) electrons. The molecular weight excluding hydrogens is 238 g/mol. The van der Waals surface area contributed by atoms with Gasteiger partial charge in [-0.3, -0.25) is 4.79 Å². The standard InChI is InChI=1S/C15H21N3O/c1-5-15(2,3)17-14(19)11-18(4)13-8-6-12(10-16)7-9-13/h6-9H,5,11H2,1-4H3,(H,17,19). The molecule has 0 aliphatic rings. The maximum absolute atomic E-state index is 11.9. The molecule has 0 atom stereocenters. The van der Waals surface area contributed by atoms with E-state index in [9.17, 15) is 4.79 Å². The molecule has 1 amide bonds. The minimum Gasteiger partial charge on any atom is -0.365 e. The van der Waals surface area contributed by atoms with Crippen LogP contribution in [0, 0.1) is 11.3 Å². The number of benzene rings is 1. The second-order valence-electron chi connectivity index (χ2n) is 5.30. The van der Waals surface area contributed by atoms with Gasteiger partial charge in [0.1, 0.15) is 0 Å². The van der Waals surface area contributed by atoms with Gasteiger partial charge in [0, 0.05) is 18.3 Å². The molecule has 0 fully saturated rings. The zero-order valence-corrected chi connectivity index (χ0v) is 12.0. The van der Waals surface area contributed by atoms with E-state index in [4.69, 9.17) is 5.26 Å². The van der Waals surface area contributed by atoms with Gasteiger partial charge in [-0.15, -0.1) is 0 Å². The minimum atomic E-state index is -0.178. The highest BCUT2D eigenvalue weighted by Crippen LogP contribution is 2.13. The Kier molecular flexibility index (Phi) is 4.94. The molecular formula is C15H21N3O. The normalized spacial score (nSPS) is 10.7. The molecule has 102 valence electrons. The first-order valence-corrected chi connectivity index (χ1v) is 6.40. The molecule has 1 aromatic carbocycles. The Hall–Kier alpha value is -2.02. The number of anilines is 1. The molecule has 0 aromatic heterocycles. The van der Waals surface area contributed by atoms with Crippen molar-refractivity contribution in [1.82, 2.24) is 5.32 Å². The van der Waals surface area contributed by atoms with Crippen LogP contribution in [0.5, 0.6) is 0 Å². The second kappa shape index (κ2) is 6.24. The summed E-state index contributed by atoms with van der Waals surface area (Å²) in [6.07, 6.45) is 0.888. The monoisotopic (exact) mass is 259 g/mol. The van der Waals surface area contributed by atoms with E-state index in [-0.39, 0.29) is 11.4 Å². The van der Waals surface area contributed by atoms with Crippen LogP contribution in [0.1, 0.15) is 32.8 Å². The van der Waals surface area contributed by atoms with Crippen LogP contribution in [0.25, 0.3) is 0 Å². The second-order valence-corrected chi connectivity index (χ2v) is 5.30. The fourth-order valence-electron chi connectivity index (χ4n) is 1.60. The molecule has 1 rings (SSSR count). The van der Waals surface area contributed by atoms with Crippen molar-refractivity contribution in [3.05, 3.63) is 29.8 Å². The number of carbonyl (C=O) groups excluding carboxylic acids is 1. The lowest BCUT2D eigenvalue weighted by Crippen LogP contribution is -2.46. The number of nitriles is 1. The summed E-state index contributed by atoms with van der Waals surface area (Å²) in [5.41, 5.74) is 1.36. The van der Waals surface area contributed by atoms with Gasteiger partial charge in [-0.2, -0.15) is 5.26 Å². The first-order chi connectivity index (χ1) is 8.88. The molecule has 0 saturated carbocycles. The van der Waals surface area contributed by atoms with E-state index in [2.05, 4.69) is 11.4 Å². The number of hydrogen-bond donors (Lipinski definition) is 1. The molecule has 4 heteroatoms. The molecule has 0 saturated heterocycles. The SMILES string of the molecule is CCC(C)(C)NC(=O)CN(C)c1ccc(C#N)cc1. The van der Waals surface area contributed by atoms with E-state index in [1.165, 1.54) is 0 Å². The predicted octanol–water partition coefficient (Wildman–Crippen LogP) is 2.30. The van der Waals surface area contributed by atoms with Crippen LogP contribution >= 0.6 is 0 Å². The maximum atomic E-state index is 11.9. The van der Waals surface area contributed by atoms with E-state index in [1.54, 1.807) is 12.1 Å². The lowest BCUT2D eigenvalue weighted by molar-refractivity contribution is -0.121. The first-order valence-electron chi connectivity index (χ1n) is 6.40. The van der Waals surface area contributed by atoms with Gasteiger partial charge < -0.3 is 10.2 Å². The first kappa shape index (κ1) is 15.0. The number of amides is 1. The summed E-state index contributed by atoms with van der Waals surface area (Å²) in [6, 6.07) is 9.26. The highest BCUT2D eigenvalue weighted by molar-refractivity contribution is 5.81. The molecule has 19 heavy (non-hydrogen) atoms. The lowest BCUT2D eigenvalue weighted by atomic mass is 10.0. The van der Waals surface area contributed by atoms with Gasteiger partial charge in [0.25, 0.3) is 0 Å². The van der Waals surface area contributed by atoms with E-state index >= 15 is 0 Å². The average molecular weight is 259 g/mol. The summed E-state index contributed by atoms with van der Waals surface area (Å²) < 4.78 is 0. The van der Waals surface area contributed by atoms with Gasteiger partial charge in [-0.25, -0.2) is 0 Å². The Morgan fingerprint density at radius 3 is 2.42 bits per heavy atom. The van der Waals surface area contributed by atoms with Crippen LogP contribution in [-0.2, 0) is 4.79 Å². The molecule has 0 unspecified atom stereocenters. The summed E-state index contributed by atoms with van der Waals surface area (Å²) in [6.45, 7) is 6.36. The number of nitrogens with zero attached hydrogens (tertiary/aromatic N) is 2. The predicted molar refractivity (Wildman–Crippen MR) is 76.9 cm³/mol. The Morgan fingerprint density at radius 2 is 1.95 bits per heavy atom. The fourth-order valence-corrected chi connectivity index (χ4v) is 1.60. The quantitative estimate of drug-likeness (QED) is 0.882. The van der Waals surface area contributed by atoms with Crippen molar-refractivity contribution in [1.29, 1.82) is 5.26 Å². The molecule has 0 bridgehead atoms. The molecule has 0 aliphatic heterocycles. The lowest BCUT2D eigenvalue weighted by Gasteiger charge is -2.26. The molecule has 0 aliphatic carbocycles. The van der Waals surface area contributed by atoms with Crippen LogP contribution in [0.4, 0.5) is 5.69 Å². The Balaban J connectivity index is 2.61. The van der Waals surface area contributed by atoms with Gasteiger partial charge in [0.15, 0.2) is 0 Å². The zero-order chi connectivity index (χ0) is 14.5. The molecule has 0 heterocycles. The Bertz CT molecular complexity index is 471. The molecule has 4 nitrogen and oxygen atoms in total. The van der Waals surface area contributed by atoms with Gasteiger partial charge in [-0.1, -0.05) is 6.92 Å². The van der Waals surface area contributed by atoms with Crippen molar-refractivity contribution in [2.24, 2.45) is 0 Å². The van der Waals surface area contributed by atoms with Crippen LogP contribution < -0.4 is 10.2 Å². The number of rotatable bonds is 5. The van der Waals surface area contributed by atoms with Crippen LogP contribution in [0.2, 0.25) is 0 Å². The van der Waals surface area contributed by atoms with Gasteiger partial charge in [0.05, 0.1) is 18.2 Å². The largest absolute Gasteiger partial charge is 0.365 e. The smallest absolute Gasteiger partial charge is 0.239 e. The summed E-state index contributed by atoms with van der Waals surface area (Å²) >= 11 is 0. The third-order valence-corrected chi connectivity index (χ3v) is 3.18. The Morgan fingerprint density at radius 1 is 1.37 bits per heavy atom. The van der Waals surface area contributed by atoms with E-state index in [1.807, 2.05) is 44.9 Å². The minimum absolute atomic E-state index is 0.00119. The van der Waals surface area contributed by atoms with E-state index < -0.39 is 0 Å². The number of hydrogen-bond acceptors (Lipinski definition) is 3. The summed E-state index contributed by atoms with van der Waals surface area (Å²) in [4.78, 5) is 13.8. The third kappa shape index (κ3) is 4.63. The molecule has 1 N–H and O–H groups in total. The van der Waals surface area contributed by atoms with Crippen molar-refractivity contribution in [2.75, 3.05) is 18.5 Å². The topological polar surface area (TPSA) is 56.1 Å². The van der Waals surface area contributed by atoms with Crippen molar-refractivity contribution >= 4 is 11.6 Å². The average Bonchev–Trinajstić information content (AvgIpc) is 2.38. The van der Waals surface area contributed by atoms with Crippen molar-refractivity contribution in [2.45, 2.75) is 32.7 Å². The van der Waals surface area contributed by atoms with Crippen molar-refractivity contribution in [3.63, 3.8) is 0 Å². The summed E-state index contributed by atoms with van der Waals surface area (Å²) in [5, 5.41) is 11.7. The van der Waals surface area contributed by atoms with Gasteiger partial charge >= 0.3 is 0 Å². The third-order valence-electron chi connectivity index (χ3n) is 3.18. The highest BCUT2D eigenvalue weighted by Gasteiger charge is 2.18. The van der Waals surface area contributed by atoms with Gasteiger partial charge in [-0.05, 0) is 44.5 Å². The summed E-state index contributed by atoms with van der Waals surface area (Å²) in [5.74, 6) is -0.00119. The zero-order valence-electron chi connectivity index (χ0n) is 12.0.